The van der Waals surface area contributed by atoms with E-state index in [2.05, 4.69) is 11.0 Å². The van der Waals surface area contributed by atoms with Crippen molar-refractivity contribution in [1.82, 2.24) is 9.47 Å². The van der Waals surface area contributed by atoms with Crippen LogP contribution in [0, 0.1) is 18.3 Å². The van der Waals surface area contributed by atoms with Gasteiger partial charge in [-0.25, -0.2) is 0 Å². The Balaban J connectivity index is 1.76. The number of carbonyl (C=O) groups excluding carboxylic acids is 1. The lowest BCUT2D eigenvalue weighted by atomic mass is 10.0. The molecule has 1 aromatic heterocycles. The van der Waals surface area contributed by atoms with Crippen molar-refractivity contribution in [1.29, 1.82) is 5.26 Å². The molecule has 0 aliphatic carbocycles. The third-order valence-corrected chi connectivity index (χ3v) is 7.81. The summed E-state index contributed by atoms with van der Waals surface area (Å²) in [5.41, 5.74) is 1.18. The summed E-state index contributed by atoms with van der Waals surface area (Å²) in [5, 5.41) is 9.64. The molecule has 0 radical (unpaired) electrons. The number of carbonyl (C=O) groups is 1. The molecule has 0 saturated carbocycles. The Morgan fingerprint density at radius 2 is 1.94 bits per heavy atom. The number of nitrogens with zero attached hydrogens (tertiary/aromatic N) is 4. The second-order valence-corrected chi connectivity index (χ2v) is 10.2. The Morgan fingerprint density at radius 3 is 2.56 bits per heavy atom. The molecule has 3 saturated heterocycles. The average molecular weight is 473 g/mol. The first-order valence-electron chi connectivity index (χ1n) is 11.2. The van der Waals surface area contributed by atoms with E-state index < -0.39 is 0 Å². The van der Waals surface area contributed by atoms with Gasteiger partial charge in [0.1, 0.15) is 21.8 Å². The number of thiocarbonyl (C=S) groups is 1. The van der Waals surface area contributed by atoms with Crippen molar-refractivity contribution in [2.45, 2.75) is 51.6 Å². The van der Waals surface area contributed by atoms with Gasteiger partial charge < -0.3 is 9.64 Å². The maximum atomic E-state index is 13.2. The zero-order valence-corrected chi connectivity index (χ0v) is 20.2. The highest BCUT2D eigenvalue weighted by Gasteiger charge is 2.35. The van der Waals surface area contributed by atoms with Crippen LogP contribution in [0.5, 0.6) is 0 Å². The molecular formula is C23H28N4O3S2. The molecule has 3 fully saturated rings. The zero-order chi connectivity index (χ0) is 22.8. The predicted octanol–water partition coefficient (Wildman–Crippen LogP) is 3.33. The number of amides is 1. The molecule has 0 aromatic carbocycles. The van der Waals surface area contributed by atoms with Crippen molar-refractivity contribution in [3.63, 3.8) is 0 Å². The monoisotopic (exact) mass is 472 g/mol. The fourth-order valence-electron chi connectivity index (χ4n) is 4.66. The SMILES string of the molecule is Cc1c(/C=C2\SC(=S)N(CC3CCCO3)C2=O)c(N2CCCCCC2)n(C)c(=O)c1C#N. The van der Waals surface area contributed by atoms with Crippen LogP contribution in [-0.4, -0.2) is 52.0 Å². The van der Waals surface area contributed by atoms with Crippen LogP contribution >= 0.6 is 24.0 Å². The van der Waals surface area contributed by atoms with Crippen LogP contribution in [0.4, 0.5) is 5.82 Å². The van der Waals surface area contributed by atoms with Crippen molar-refractivity contribution in [3.05, 3.63) is 31.9 Å². The Kier molecular flexibility index (Phi) is 7.03. The van der Waals surface area contributed by atoms with Crippen LogP contribution < -0.4 is 10.5 Å². The maximum Gasteiger partial charge on any atom is 0.270 e. The zero-order valence-electron chi connectivity index (χ0n) is 18.6. The number of hydrogen-bond donors (Lipinski definition) is 0. The van der Waals surface area contributed by atoms with Gasteiger partial charge in [-0.2, -0.15) is 5.26 Å². The minimum atomic E-state index is -0.299. The summed E-state index contributed by atoms with van der Waals surface area (Å²) < 4.78 is 7.78. The van der Waals surface area contributed by atoms with E-state index >= 15 is 0 Å². The topological polar surface area (TPSA) is 78.6 Å². The fraction of sp³-hybridized carbons (Fsp3) is 0.565. The Hall–Kier alpha value is -2.15. The molecular weight excluding hydrogens is 444 g/mol. The third kappa shape index (κ3) is 4.36. The van der Waals surface area contributed by atoms with E-state index in [0.29, 0.717) is 21.3 Å². The molecule has 0 spiro atoms. The third-order valence-electron chi connectivity index (χ3n) is 6.43. The molecule has 170 valence electrons. The molecule has 4 heterocycles. The summed E-state index contributed by atoms with van der Waals surface area (Å²) in [6.45, 7) is 4.68. The molecule has 7 nitrogen and oxygen atoms in total. The Bertz CT molecular complexity index is 1060. The van der Waals surface area contributed by atoms with Gasteiger partial charge in [-0.05, 0) is 44.2 Å². The highest BCUT2D eigenvalue weighted by atomic mass is 32.2. The van der Waals surface area contributed by atoms with Gasteiger partial charge in [-0.3, -0.25) is 19.1 Å². The van der Waals surface area contributed by atoms with Gasteiger partial charge in [0, 0.05) is 32.3 Å². The van der Waals surface area contributed by atoms with E-state index in [1.165, 1.54) is 11.8 Å². The number of aromatic nitrogens is 1. The summed E-state index contributed by atoms with van der Waals surface area (Å²) in [7, 11) is 1.71. The average Bonchev–Trinajstić information content (AvgIpc) is 3.27. The number of anilines is 1. The normalized spacial score (nSPS) is 23.2. The summed E-state index contributed by atoms with van der Waals surface area (Å²) in [4.78, 5) is 30.5. The quantitative estimate of drug-likeness (QED) is 0.491. The van der Waals surface area contributed by atoms with Gasteiger partial charge >= 0.3 is 0 Å². The lowest BCUT2D eigenvalue weighted by Crippen LogP contribution is -2.35. The van der Waals surface area contributed by atoms with Crippen LogP contribution in [0.2, 0.25) is 0 Å². The molecule has 32 heavy (non-hydrogen) atoms. The highest BCUT2D eigenvalue weighted by Crippen LogP contribution is 2.36. The van der Waals surface area contributed by atoms with Crippen molar-refractivity contribution in [2.24, 2.45) is 7.05 Å². The highest BCUT2D eigenvalue weighted by molar-refractivity contribution is 8.26. The van der Waals surface area contributed by atoms with Gasteiger partial charge in [-0.1, -0.05) is 36.8 Å². The smallest absolute Gasteiger partial charge is 0.270 e. The Morgan fingerprint density at radius 1 is 1.22 bits per heavy atom. The summed E-state index contributed by atoms with van der Waals surface area (Å²) >= 11 is 6.78. The van der Waals surface area contributed by atoms with Crippen molar-refractivity contribution in [3.8, 4) is 6.07 Å². The van der Waals surface area contributed by atoms with Gasteiger partial charge in [0.05, 0.1) is 17.6 Å². The van der Waals surface area contributed by atoms with Gasteiger partial charge in [0.2, 0.25) is 0 Å². The van der Waals surface area contributed by atoms with E-state index in [1.807, 2.05) is 6.08 Å². The standard InChI is InChI=1S/C23H28N4O3S2/c1-15-17(12-19-22(29)27(23(31)32-19)14-16-8-7-11-30-16)20(25(2)21(28)18(15)13-24)26-9-5-3-4-6-10-26/h12,16H,3-11,14H2,1-2H3/b19-12-. The van der Waals surface area contributed by atoms with Crippen LogP contribution in [0.15, 0.2) is 9.70 Å². The van der Waals surface area contributed by atoms with Gasteiger partial charge in [-0.15, -0.1) is 0 Å². The van der Waals surface area contributed by atoms with E-state index in [1.54, 1.807) is 23.4 Å². The second-order valence-electron chi connectivity index (χ2n) is 8.54. The first-order chi connectivity index (χ1) is 15.4. The number of pyridine rings is 1. The van der Waals surface area contributed by atoms with Crippen LogP contribution in [0.1, 0.15) is 55.2 Å². The molecule has 9 heteroatoms. The first-order valence-corrected chi connectivity index (χ1v) is 12.4. The molecule has 3 aliphatic heterocycles. The van der Waals surface area contributed by atoms with E-state index in [0.717, 1.165) is 69.6 Å². The number of ether oxygens (including phenoxy) is 1. The molecule has 1 aromatic rings. The molecule has 1 amide bonds. The summed E-state index contributed by atoms with van der Waals surface area (Å²) in [5.74, 6) is 0.641. The number of rotatable bonds is 4. The van der Waals surface area contributed by atoms with Crippen molar-refractivity contribution >= 4 is 46.1 Å². The first kappa shape index (κ1) is 23.0. The largest absolute Gasteiger partial charge is 0.376 e. The van der Waals surface area contributed by atoms with E-state index in [4.69, 9.17) is 17.0 Å². The van der Waals surface area contributed by atoms with Gasteiger partial charge in [0.25, 0.3) is 11.5 Å². The molecule has 1 unspecified atom stereocenters. The predicted molar refractivity (Wildman–Crippen MR) is 131 cm³/mol. The Labute approximate surface area is 198 Å². The van der Waals surface area contributed by atoms with Crippen molar-refractivity contribution < 1.29 is 9.53 Å². The summed E-state index contributed by atoms with van der Waals surface area (Å²) in [6, 6.07) is 2.06. The lowest BCUT2D eigenvalue weighted by molar-refractivity contribution is -0.123. The fourth-order valence-corrected chi connectivity index (χ4v) is 5.91. The number of hydrogen-bond acceptors (Lipinski definition) is 7. The van der Waals surface area contributed by atoms with E-state index in [-0.39, 0.29) is 23.1 Å². The molecule has 1 atom stereocenters. The van der Waals surface area contributed by atoms with Crippen LogP contribution in [-0.2, 0) is 16.6 Å². The summed E-state index contributed by atoms with van der Waals surface area (Å²) in [6.07, 6.45) is 8.21. The lowest BCUT2D eigenvalue weighted by Gasteiger charge is -2.28. The maximum absolute atomic E-state index is 13.2. The molecule has 0 bridgehead atoms. The minimum Gasteiger partial charge on any atom is -0.376 e. The molecule has 0 N–H and O–H groups in total. The van der Waals surface area contributed by atoms with E-state index in [9.17, 15) is 14.9 Å². The van der Waals surface area contributed by atoms with Gasteiger partial charge in [0.15, 0.2) is 0 Å². The number of thioether (sulfide) groups is 1. The molecule has 4 rings (SSSR count). The molecule has 3 aliphatic rings. The minimum absolute atomic E-state index is 0.0222. The second kappa shape index (κ2) is 9.77. The van der Waals surface area contributed by atoms with Crippen LogP contribution in [0.3, 0.4) is 0 Å². The van der Waals surface area contributed by atoms with Crippen LogP contribution in [0.25, 0.3) is 6.08 Å². The number of nitriles is 1. The van der Waals surface area contributed by atoms with Crippen molar-refractivity contribution in [2.75, 3.05) is 31.1 Å².